The lowest BCUT2D eigenvalue weighted by Crippen LogP contribution is -2.27. The maximum Gasteiger partial charge on any atom is 0.271 e. The van der Waals surface area contributed by atoms with Gasteiger partial charge in [0.2, 0.25) is 5.91 Å². The van der Waals surface area contributed by atoms with Crippen LogP contribution in [0.4, 0.5) is 5.13 Å². The smallest absolute Gasteiger partial charge is 0.271 e. The van der Waals surface area contributed by atoms with Gasteiger partial charge in [-0.2, -0.15) is 0 Å². The first-order chi connectivity index (χ1) is 9.56. The molecule has 20 heavy (non-hydrogen) atoms. The molecule has 7 heteroatoms. The summed E-state index contributed by atoms with van der Waals surface area (Å²) >= 11 is 1.21. The summed E-state index contributed by atoms with van der Waals surface area (Å²) in [5.74, 6) is -0.510. The number of rotatable bonds is 4. The van der Waals surface area contributed by atoms with E-state index in [0.29, 0.717) is 5.13 Å². The molecule has 2 aromatic rings. The minimum absolute atomic E-state index is 0.213. The molecule has 0 aliphatic rings. The minimum Gasteiger partial charge on any atom is -0.343 e. The van der Waals surface area contributed by atoms with E-state index in [1.165, 1.54) is 18.3 Å². The lowest BCUT2D eigenvalue weighted by molar-refractivity contribution is -0.114. The third kappa shape index (κ3) is 3.61. The molecule has 0 saturated carbocycles. The fourth-order valence-electron chi connectivity index (χ4n) is 1.56. The molecular weight excluding hydrogens is 276 g/mol. The number of amides is 2. The average molecular weight is 290 g/mol. The van der Waals surface area contributed by atoms with E-state index < -0.39 is 0 Å². The molecule has 2 N–H and O–H groups in total. The number of pyridine rings is 1. The van der Waals surface area contributed by atoms with Crippen LogP contribution in [0.25, 0.3) is 0 Å². The number of anilines is 1. The van der Waals surface area contributed by atoms with Gasteiger partial charge in [-0.1, -0.05) is 6.07 Å². The molecular formula is C13H14N4O2S. The van der Waals surface area contributed by atoms with Crippen molar-refractivity contribution in [3.63, 3.8) is 0 Å². The van der Waals surface area contributed by atoms with Crippen LogP contribution in [-0.4, -0.2) is 21.8 Å². The number of hydrogen-bond donors (Lipinski definition) is 2. The molecule has 0 aliphatic carbocycles. The van der Waals surface area contributed by atoms with Crippen LogP contribution in [0.1, 0.15) is 36.1 Å². The van der Waals surface area contributed by atoms with Crippen LogP contribution in [0.15, 0.2) is 29.8 Å². The molecule has 0 unspecified atom stereocenters. The zero-order chi connectivity index (χ0) is 14.5. The van der Waals surface area contributed by atoms with Gasteiger partial charge in [-0.3, -0.25) is 14.6 Å². The lowest BCUT2D eigenvalue weighted by Gasteiger charge is -2.11. The molecule has 2 amide bonds. The number of carbonyl (C=O) groups excluding carboxylic acids is 2. The molecule has 6 nitrogen and oxygen atoms in total. The Balaban J connectivity index is 2.01. The molecule has 0 aliphatic heterocycles. The van der Waals surface area contributed by atoms with E-state index in [-0.39, 0.29) is 23.6 Å². The van der Waals surface area contributed by atoms with Crippen LogP contribution in [0.5, 0.6) is 0 Å². The van der Waals surface area contributed by atoms with Gasteiger partial charge in [0, 0.05) is 18.5 Å². The second-order valence-electron chi connectivity index (χ2n) is 4.17. The van der Waals surface area contributed by atoms with Gasteiger partial charge in [-0.15, -0.1) is 11.3 Å². The van der Waals surface area contributed by atoms with Crippen LogP contribution in [0, 0.1) is 0 Å². The summed E-state index contributed by atoms with van der Waals surface area (Å²) in [6.07, 6.45) is 1.68. The topological polar surface area (TPSA) is 84.0 Å². The van der Waals surface area contributed by atoms with Crippen molar-refractivity contribution in [2.45, 2.75) is 19.9 Å². The van der Waals surface area contributed by atoms with Crippen LogP contribution in [-0.2, 0) is 4.79 Å². The van der Waals surface area contributed by atoms with Crippen molar-refractivity contribution in [3.05, 3.63) is 41.2 Å². The number of thiazole rings is 1. The van der Waals surface area contributed by atoms with Gasteiger partial charge in [-0.25, -0.2) is 4.98 Å². The average Bonchev–Trinajstić information content (AvgIpc) is 2.87. The highest BCUT2D eigenvalue weighted by Crippen LogP contribution is 2.16. The first kappa shape index (κ1) is 14.1. The second-order valence-corrected chi connectivity index (χ2v) is 5.03. The van der Waals surface area contributed by atoms with E-state index in [2.05, 4.69) is 20.6 Å². The fourth-order valence-corrected chi connectivity index (χ4v) is 2.30. The van der Waals surface area contributed by atoms with Crippen LogP contribution < -0.4 is 10.6 Å². The summed E-state index contributed by atoms with van der Waals surface area (Å²) in [6, 6.07) is 5.31. The Morgan fingerprint density at radius 2 is 2.15 bits per heavy atom. The summed E-state index contributed by atoms with van der Waals surface area (Å²) in [5.41, 5.74) is 1.06. The van der Waals surface area contributed by atoms with Gasteiger partial charge >= 0.3 is 0 Å². The number of nitrogens with one attached hydrogen (secondary N) is 2. The fraction of sp³-hybridized carbons (Fsp3) is 0.231. The Kier molecular flexibility index (Phi) is 4.41. The van der Waals surface area contributed by atoms with Gasteiger partial charge in [0.1, 0.15) is 5.69 Å². The monoisotopic (exact) mass is 290 g/mol. The molecule has 0 spiro atoms. The van der Waals surface area contributed by atoms with Crippen molar-refractivity contribution in [2.24, 2.45) is 0 Å². The Labute approximate surface area is 120 Å². The molecule has 0 saturated heterocycles. The predicted octanol–water partition coefficient (Wildman–Crippen LogP) is 1.99. The zero-order valence-corrected chi connectivity index (χ0v) is 11.9. The van der Waals surface area contributed by atoms with Crippen molar-refractivity contribution in [1.29, 1.82) is 0 Å². The summed E-state index contributed by atoms with van der Waals surface area (Å²) in [4.78, 5) is 31.2. The molecule has 104 valence electrons. The van der Waals surface area contributed by atoms with E-state index in [4.69, 9.17) is 0 Å². The Morgan fingerprint density at radius 1 is 1.35 bits per heavy atom. The number of carbonyl (C=O) groups is 2. The molecule has 1 atom stereocenters. The first-order valence-electron chi connectivity index (χ1n) is 6.01. The summed E-state index contributed by atoms with van der Waals surface area (Å²) in [6.45, 7) is 3.24. The number of nitrogens with zero attached hydrogens (tertiary/aromatic N) is 2. The van der Waals surface area contributed by atoms with Crippen molar-refractivity contribution in [1.82, 2.24) is 15.3 Å². The SMILES string of the molecule is CC(=O)Nc1nc(C(=O)N[C@@H](C)c2ccccn2)cs1. The van der Waals surface area contributed by atoms with Crippen molar-refractivity contribution in [3.8, 4) is 0 Å². The third-order valence-electron chi connectivity index (χ3n) is 2.50. The van der Waals surface area contributed by atoms with Crippen molar-refractivity contribution < 1.29 is 9.59 Å². The van der Waals surface area contributed by atoms with Crippen LogP contribution >= 0.6 is 11.3 Å². The minimum atomic E-state index is -0.295. The maximum absolute atomic E-state index is 12.0. The van der Waals surface area contributed by atoms with E-state index >= 15 is 0 Å². The van der Waals surface area contributed by atoms with Gasteiger partial charge in [0.15, 0.2) is 5.13 Å². The highest BCUT2D eigenvalue weighted by molar-refractivity contribution is 7.14. The third-order valence-corrected chi connectivity index (χ3v) is 3.26. The standard InChI is InChI=1S/C13H14N4O2S/c1-8(10-5-3-4-6-14-10)15-12(19)11-7-20-13(17-11)16-9(2)18/h3-8H,1-2H3,(H,15,19)(H,16,17,18)/t8-/m0/s1. The summed E-state index contributed by atoms with van der Waals surface area (Å²) in [7, 11) is 0. The van der Waals surface area contributed by atoms with Crippen molar-refractivity contribution in [2.75, 3.05) is 5.32 Å². The normalized spacial score (nSPS) is 11.7. The van der Waals surface area contributed by atoms with E-state index in [1.807, 2.05) is 25.1 Å². The zero-order valence-electron chi connectivity index (χ0n) is 11.1. The van der Waals surface area contributed by atoms with E-state index in [1.54, 1.807) is 11.6 Å². The van der Waals surface area contributed by atoms with Crippen LogP contribution in [0.2, 0.25) is 0 Å². The molecule has 2 rings (SSSR count). The first-order valence-corrected chi connectivity index (χ1v) is 6.89. The molecule has 0 radical (unpaired) electrons. The molecule has 2 aromatic heterocycles. The van der Waals surface area contributed by atoms with Gasteiger partial charge < -0.3 is 10.6 Å². The number of aromatic nitrogens is 2. The molecule has 0 aromatic carbocycles. The van der Waals surface area contributed by atoms with E-state index in [9.17, 15) is 9.59 Å². The molecule has 0 fully saturated rings. The second kappa shape index (κ2) is 6.25. The largest absolute Gasteiger partial charge is 0.343 e. The predicted molar refractivity (Wildman–Crippen MR) is 76.5 cm³/mol. The Hall–Kier alpha value is -2.28. The summed E-state index contributed by atoms with van der Waals surface area (Å²) in [5, 5.41) is 7.36. The summed E-state index contributed by atoms with van der Waals surface area (Å²) < 4.78 is 0. The molecule has 0 bridgehead atoms. The van der Waals surface area contributed by atoms with Crippen LogP contribution in [0.3, 0.4) is 0 Å². The molecule has 2 heterocycles. The highest BCUT2D eigenvalue weighted by atomic mass is 32.1. The van der Waals surface area contributed by atoms with E-state index in [0.717, 1.165) is 5.69 Å². The lowest BCUT2D eigenvalue weighted by atomic mass is 10.2. The Morgan fingerprint density at radius 3 is 2.80 bits per heavy atom. The Bertz CT molecular complexity index is 612. The van der Waals surface area contributed by atoms with Gasteiger partial charge in [-0.05, 0) is 19.1 Å². The van der Waals surface area contributed by atoms with Crippen molar-refractivity contribution >= 4 is 28.3 Å². The number of hydrogen-bond acceptors (Lipinski definition) is 5. The quantitative estimate of drug-likeness (QED) is 0.902. The van der Waals surface area contributed by atoms with Gasteiger partial charge in [0.25, 0.3) is 5.91 Å². The highest BCUT2D eigenvalue weighted by Gasteiger charge is 2.15. The maximum atomic E-state index is 12.0. The van der Waals surface area contributed by atoms with Gasteiger partial charge in [0.05, 0.1) is 11.7 Å².